The van der Waals surface area contributed by atoms with Crippen molar-refractivity contribution in [3.05, 3.63) is 29.3 Å². The van der Waals surface area contributed by atoms with Crippen LogP contribution < -0.4 is 10.5 Å². The van der Waals surface area contributed by atoms with Gasteiger partial charge in [-0.15, -0.1) is 0 Å². The van der Waals surface area contributed by atoms with Gasteiger partial charge in [0.15, 0.2) is 0 Å². The molecule has 6 nitrogen and oxygen atoms in total. The van der Waals surface area contributed by atoms with Crippen molar-refractivity contribution in [1.82, 2.24) is 0 Å². The fourth-order valence-corrected chi connectivity index (χ4v) is 1.16. The number of nitrogens with one attached hydrogen (secondary N) is 1. The second-order valence-corrected chi connectivity index (χ2v) is 2.82. The summed E-state index contributed by atoms with van der Waals surface area (Å²) in [5.74, 6) is -0.173. The highest BCUT2D eigenvalue weighted by atomic mass is 16.5. The van der Waals surface area contributed by atoms with Crippen LogP contribution >= 0.6 is 0 Å². The van der Waals surface area contributed by atoms with Gasteiger partial charge in [0.05, 0.1) is 25.3 Å². The predicted octanol–water partition coefficient (Wildman–Crippen LogP) is -0.0588. The highest BCUT2D eigenvalue weighted by molar-refractivity contribution is 6.00. The third-order valence-corrected chi connectivity index (χ3v) is 1.91. The summed E-state index contributed by atoms with van der Waals surface area (Å²) in [6.45, 7) is 0. The van der Waals surface area contributed by atoms with Gasteiger partial charge in [0.25, 0.3) is 0 Å². The van der Waals surface area contributed by atoms with Gasteiger partial charge in [0.2, 0.25) is 0 Å². The molecule has 0 aliphatic heterocycles. The smallest absolute Gasteiger partial charge is 0.337 e. The van der Waals surface area contributed by atoms with E-state index in [1.165, 1.54) is 20.3 Å². The van der Waals surface area contributed by atoms with Crippen molar-refractivity contribution >= 4 is 11.8 Å². The number of nitrogen functional groups attached to an aromatic ring is 1. The van der Waals surface area contributed by atoms with E-state index in [1.807, 2.05) is 0 Å². The van der Waals surface area contributed by atoms with Gasteiger partial charge >= 0.3 is 5.97 Å². The highest BCUT2D eigenvalue weighted by Gasteiger charge is 2.11. The molecule has 0 unspecified atom stereocenters. The van der Waals surface area contributed by atoms with Crippen molar-refractivity contribution in [2.24, 2.45) is 5.73 Å². The zero-order chi connectivity index (χ0) is 11.4. The van der Waals surface area contributed by atoms with Crippen molar-refractivity contribution in [2.75, 3.05) is 14.2 Å². The number of hydrogen-bond acceptors (Lipinski definition) is 4. The fourth-order valence-electron chi connectivity index (χ4n) is 1.16. The molecule has 0 aliphatic rings. The third kappa shape index (κ3) is 2.71. The first-order valence-electron chi connectivity index (χ1n) is 4.21. The lowest BCUT2D eigenvalue weighted by molar-refractivity contribution is 0.0600. The van der Waals surface area contributed by atoms with Gasteiger partial charge < -0.3 is 20.7 Å². The Morgan fingerprint density at radius 2 is 2.00 bits per heavy atom. The molecule has 0 spiro atoms. The maximum atomic E-state index is 11.2. The molecule has 0 bridgehead atoms. The summed E-state index contributed by atoms with van der Waals surface area (Å²) < 4.78 is 9.56. The van der Waals surface area contributed by atoms with E-state index in [0.29, 0.717) is 16.9 Å². The minimum absolute atomic E-state index is 0. The molecule has 6 heteroatoms. The number of carbonyl (C=O) groups is 1. The summed E-state index contributed by atoms with van der Waals surface area (Å²) in [6.07, 6.45) is 0. The Kier molecular flexibility index (Phi) is 4.97. The van der Waals surface area contributed by atoms with Crippen LogP contribution in [0.4, 0.5) is 0 Å². The zero-order valence-electron chi connectivity index (χ0n) is 9.03. The van der Waals surface area contributed by atoms with Crippen molar-refractivity contribution in [3.63, 3.8) is 0 Å². The lowest BCUT2D eigenvalue weighted by Gasteiger charge is -2.08. The van der Waals surface area contributed by atoms with Gasteiger partial charge in [-0.2, -0.15) is 0 Å². The summed E-state index contributed by atoms with van der Waals surface area (Å²) >= 11 is 0. The molecule has 0 amide bonds. The average Bonchev–Trinajstić information content (AvgIpc) is 2.27. The van der Waals surface area contributed by atoms with Crippen LogP contribution in [0.15, 0.2) is 18.2 Å². The third-order valence-electron chi connectivity index (χ3n) is 1.91. The minimum atomic E-state index is -0.472. The van der Waals surface area contributed by atoms with Crippen LogP contribution in [0.25, 0.3) is 0 Å². The monoisotopic (exact) mass is 226 g/mol. The van der Waals surface area contributed by atoms with E-state index in [2.05, 4.69) is 4.74 Å². The SMILES string of the molecule is COC(=O)c1ccc(OC)c(C(=N)N)c1.O. The first kappa shape index (κ1) is 13.9. The number of nitrogens with two attached hydrogens (primary N) is 1. The lowest BCUT2D eigenvalue weighted by atomic mass is 10.1. The number of amidine groups is 1. The Balaban J connectivity index is 0.00000225. The van der Waals surface area contributed by atoms with E-state index in [0.717, 1.165) is 0 Å². The van der Waals surface area contributed by atoms with E-state index >= 15 is 0 Å². The summed E-state index contributed by atoms with van der Waals surface area (Å²) in [4.78, 5) is 11.2. The first-order valence-corrected chi connectivity index (χ1v) is 4.21. The van der Waals surface area contributed by atoms with Crippen molar-refractivity contribution in [2.45, 2.75) is 0 Å². The molecule has 1 aromatic carbocycles. The van der Waals surface area contributed by atoms with E-state index < -0.39 is 5.97 Å². The average molecular weight is 226 g/mol. The molecule has 0 saturated carbocycles. The van der Waals surface area contributed by atoms with Crippen LogP contribution in [0, 0.1) is 5.41 Å². The highest BCUT2D eigenvalue weighted by Crippen LogP contribution is 2.19. The van der Waals surface area contributed by atoms with E-state index in [4.69, 9.17) is 15.9 Å². The van der Waals surface area contributed by atoms with Gasteiger partial charge in [-0.05, 0) is 18.2 Å². The Hall–Kier alpha value is -2.08. The number of hydrogen-bond donors (Lipinski definition) is 2. The molecule has 0 saturated heterocycles. The quantitative estimate of drug-likeness (QED) is 0.426. The molecule has 0 atom stereocenters. The van der Waals surface area contributed by atoms with E-state index in [1.54, 1.807) is 12.1 Å². The molecular formula is C10H14N2O4. The Labute approximate surface area is 92.8 Å². The second-order valence-electron chi connectivity index (χ2n) is 2.82. The fraction of sp³-hybridized carbons (Fsp3) is 0.200. The molecule has 1 rings (SSSR count). The molecule has 16 heavy (non-hydrogen) atoms. The van der Waals surface area contributed by atoms with Crippen LogP contribution in [-0.2, 0) is 4.74 Å². The Morgan fingerprint density at radius 3 is 2.44 bits per heavy atom. The maximum Gasteiger partial charge on any atom is 0.337 e. The molecule has 1 aromatic rings. The minimum Gasteiger partial charge on any atom is -0.496 e. The molecule has 0 fully saturated rings. The molecule has 0 aromatic heterocycles. The second kappa shape index (κ2) is 5.72. The molecule has 0 radical (unpaired) electrons. The van der Waals surface area contributed by atoms with Crippen LogP contribution in [0.1, 0.15) is 15.9 Å². The zero-order valence-corrected chi connectivity index (χ0v) is 9.03. The van der Waals surface area contributed by atoms with Gasteiger partial charge in [-0.25, -0.2) is 4.79 Å². The Bertz CT molecular complexity index is 404. The van der Waals surface area contributed by atoms with Crippen LogP contribution in [-0.4, -0.2) is 31.5 Å². The summed E-state index contributed by atoms with van der Waals surface area (Å²) in [5, 5.41) is 7.32. The number of carbonyl (C=O) groups excluding carboxylic acids is 1. The molecule has 88 valence electrons. The number of rotatable bonds is 3. The van der Waals surface area contributed by atoms with Gasteiger partial charge in [-0.1, -0.05) is 0 Å². The van der Waals surface area contributed by atoms with Crippen LogP contribution in [0.2, 0.25) is 0 Å². The number of benzene rings is 1. The lowest BCUT2D eigenvalue weighted by Crippen LogP contribution is -2.14. The number of esters is 1. The molecular weight excluding hydrogens is 212 g/mol. The molecule has 0 heterocycles. The first-order chi connectivity index (χ1) is 7.10. The summed E-state index contributed by atoms with van der Waals surface area (Å²) in [5.41, 5.74) is 6.06. The molecule has 5 N–H and O–H groups in total. The van der Waals surface area contributed by atoms with Crippen LogP contribution in [0.5, 0.6) is 5.75 Å². The number of methoxy groups -OCH3 is 2. The predicted molar refractivity (Wildman–Crippen MR) is 59.0 cm³/mol. The topological polar surface area (TPSA) is 117 Å². The summed E-state index contributed by atoms with van der Waals surface area (Å²) in [7, 11) is 2.76. The van der Waals surface area contributed by atoms with Crippen molar-refractivity contribution in [3.8, 4) is 5.75 Å². The maximum absolute atomic E-state index is 11.2. The molecule has 0 aliphatic carbocycles. The van der Waals surface area contributed by atoms with Gasteiger partial charge in [0.1, 0.15) is 11.6 Å². The van der Waals surface area contributed by atoms with Gasteiger partial charge in [-0.3, -0.25) is 5.41 Å². The van der Waals surface area contributed by atoms with E-state index in [9.17, 15) is 4.79 Å². The van der Waals surface area contributed by atoms with E-state index in [-0.39, 0.29) is 11.3 Å². The summed E-state index contributed by atoms with van der Waals surface area (Å²) in [6, 6.07) is 4.59. The normalized spacial score (nSPS) is 8.88. The largest absolute Gasteiger partial charge is 0.496 e. The van der Waals surface area contributed by atoms with Crippen LogP contribution in [0.3, 0.4) is 0 Å². The standard InChI is InChI=1S/C10H12N2O3.H2O/c1-14-8-4-3-6(10(13)15-2)5-7(8)9(11)12;/h3-5H,1-2H3,(H3,11,12);1H2. The van der Waals surface area contributed by atoms with Crippen molar-refractivity contribution < 1.29 is 19.7 Å². The number of ether oxygens (including phenoxy) is 2. The van der Waals surface area contributed by atoms with Gasteiger partial charge in [0, 0.05) is 0 Å². The Morgan fingerprint density at radius 1 is 1.38 bits per heavy atom. The van der Waals surface area contributed by atoms with Crippen molar-refractivity contribution in [1.29, 1.82) is 5.41 Å².